The molecule has 0 aliphatic rings. The number of hydrogen-bond donors (Lipinski definition) is 1. The first kappa shape index (κ1) is 9.71. The van der Waals surface area contributed by atoms with E-state index >= 15 is 0 Å². The van der Waals surface area contributed by atoms with E-state index in [4.69, 9.17) is 0 Å². The predicted octanol–water partition coefficient (Wildman–Crippen LogP) is 0.788. The SMILES string of the molecule is Cc1nc(-c2ccccn2)cc2n[nH]c(=O)n12. The van der Waals surface area contributed by atoms with E-state index in [9.17, 15) is 4.79 Å². The summed E-state index contributed by atoms with van der Waals surface area (Å²) in [6, 6.07) is 7.32. The smallest absolute Gasteiger partial charge is 0.255 e. The van der Waals surface area contributed by atoms with Crippen LogP contribution in [0.25, 0.3) is 17.0 Å². The maximum Gasteiger partial charge on any atom is 0.349 e. The first-order valence-corrected chi connectivity index (χ1v) is 5.12. The number of nitrogens with zero attached hydrogens (tertiary/aromatic N) is 4. The second-order valence-corrected chi connectivity index (χ2v) is 3.63. The zero-order valence-electron chi connectivity index (χ0n) is 9.08. The molecule has 0 fully saturated rings. The Labute approximate surface area is 96.0 Å². The largest absolute Gasteiger partial charge is 0.349 e. The van der Waals surface area contributed by atoms with Gasteiger partial charge in [0.25, 0.3) is 0 Å². The summed E-state index contributed by atoms with van der Waals surface area (Å²) in [6.07, 6.45) is 1.70. The molecular weight excluding hydrogens is 218 g/mol. The van der Waals surface area contributed by atoms with Gasteiger partial charge in [0.15, 0.2) is 5.65 Å². The Morgan fingerprint density at radius 2 is 2.18 bits per heavy atom. The molecule has 0 aliphatic carbocycles. The van der Waals surface area contributed by atoms with E-state index in [2.05, 4.69) is 20.2 Å². The lowest BCUT2D eigenvalue weighted by atomic mass is 10.2. The van der Waals surface area contributed by atoms with Crippen molar-refractivity contribution in [1.82, 2.24) is 24.6 Å². The summed E-state index contributed by atoms with van der Waals surface area (Å²) in [5.41, 5.74) is 1.73. The van der Waals surface area contributed by atoms with Gasteiger partial charge in [0, 0.05) is 12.3 Å². The molecule has 3 aromatic heterocycles. The molecule has 6 heteroatoms. The Morgan fingerprint density at radius 1 is 1.29 bits per heavy atom. The summed E-state index contributed by atoms with van der Waals surface area (Å²) < 4.78 is 1.42. The number of H-pyrrole nitrogens is 1. The van der Waals surface area contributed by atoms with Crippen LogP contribution in [0.1, 0.15) is 5.82 Å². The van der Waals surface area contributed by atoms with Crippen LogP contribution >= 0.6 is 0 Å². The monoisotopic (exact) mass is 227 g/mol. The van der Waals surface area contributed by atoms with Crippen molar-refractivity contribution in [3.05, 3.63) is 46.8 Å². The van der Waals surface area contributed by atoms with E-state index in [1.54, 1.807) is 19.2 Å². The zero-order valence-corrected chi connectivity index (χ0v) is 9.08. The molecule has 0 aromatic carbocycles. The molecule has 0 aliphatic heterocycles. The second-order valence-electron chi connectivity index (χ2n) is 3.63. The van der Waals surface area contributed by atoms with Crippen LogP contribution in [-0.4, -0.2) is 24.6 Å². The van der Waals surface area contributed by atoms with Gasteiger partial charge in [-0.1, -0.05) is 6.07 Å². The lowest BCUT2D eigenvalue weighted by Crippen LogP contribution is -2.13. The summed E-state index contributed by atoms with van der Waals surface area (Å²) in [5.74, 6) is 0.585. The highest BCUT2D eigenvalue weighted by Crippen LogP contribution is 2.15. The lowest BCUT2D eigenvalue weighted by molar-refractivity contribution is 0.937. The number of pyridine rings is 1. The molecule has 3 aromatic rings. The quantitative estimate of drug-likeness (QED) is 0.666. The average Bonchev–Trinajstić information content (AvgIpc) is 2.73. The van der Waals surface area contributed by atoms with Crippen molar-refractivity contribution in [3.8, 4) is 11.4 Å². The van der Waals surface area contributed by atoms with Crippen LogP contribution in [0.5, 0.6) is 0 Å². The fraction of sp³-hybridized carbons (Fsp3) is 0.0909. The zero-order chi connectivity index (χ0) is 11.8. The first-order valence-electron chi connectivity index (χ1n) is 5.12. The van der Waals surface area contributed by atoms with E-state index in [0.29, 0.717) is 17.2 Å². The second kappa shape index (κ2) is 3.51. The fourth-order valence-electron chi connectivity index (χ4n) is 1.74. The highest BCUT2D eigenvalue weighted by Gasteiger charge is 2.08. The standard InChI is InChI=1S/C11H9N5O/c1-7-13-9(8-4-2-3-5-12-8)6-10-14-15-11(17)16(7)10/h2-6H,1H3,(H,15,17). The molecule has 0 saturated carbocycles. The van der Waals surface area contributed by atoms with E-state index in [-0.39, 0.29) is 5.69 Å². The van der Waals surface area contributed by atoms with Gasteiger partial charge in [-0.2, -0.15) is 5.10 Å². The van der Waals surface area contributed by atoms with Gasteiger partial charge in [0.2, 0.25) is 0 Å². The van der Waals surface area contributed by atoms with Crippen molar-refractivity contribution in [3.63, 3.8) is 0 Å². The molecular formula is C11H9N5O. The minimum atomic E-state index is -0.280. The molecule has 17 heavy (non-hydrogen) atoms. The summed E-state index contributed by atoms with van der Waals surface area (Å²) >= 11 is 0. The third-order valence-electron chi connectivity index (χ3n) is 2.50. The highest BCUT2D eigenvalue weighted by atomic mass is 16.1. The Bertz CT molecular complexity index is 728. The molecule has 3 rings (SSSR count). The third-order valence-corrected chi connectivity index (χ3v) is 2.50. The maximum atomic E-state index is 11.4. The predicted molar refractivity (Wildman–Crippen MR) is 61.6 cm³/mol. The number of hydrogen-bond acceptors (Lipinski definition) is 4. The van der Waals surface area contributed by atoms with Crippen molar-refractivity contribution >= 4 is 5.65 Å². The van der Waals surface area contributed by atoms with E-state index in [1.165, 1.54) is 4.40 Å². The summed E-state index contributed by atoms with van der Waals surface area (Å²) in [7, 11) is 0. The van der Waals surface area contributed by atoms with Gasteiger partial charge in [-0.05, 0) is 19.1 Å². The van der Waals surface area contributed by atoms with Gasteiger partial charge in [-0.15, -0.1) is 0 Å². The fourth-order valence-corrected chi connectivity index (χ4v) is 1.74. The Balaban J connectivity index is 2.30. The van der Waals surface area contributed by atoms with Crippen LogP contribution in [0.15, 0.2) is 35.3 Å². The van der Waals surface area contributed by atoms with Crippen molar-refractivity contribution in [2.75, 3.05) is 0 Å². The van der Waals surface area contributed by atoms with Gasteiger partial charge in [0.05, 0.1) is 11.4 Å². The van der Waals surface area contributed by atoms with Crippen molar-refractivity contribution in [2.45, 2.75) is 6.92 Å². The minimum absolute atomic E-state index is 0.280. The summed E-state index contributed by atoms with van der Waals surface area (Å²) in [6.45, 7) is 1.76. The molecule has 1 N–H and O–H groups in total. The van der Waals surface area contributed by atoms with Crippen molar-refractivity contribution in [2.24, 2.45) is 0 Å². The Hall–Kier alpha value is -2.50. The molecule has 0 unspecified atom stereocenters. The Kier molecular flexibility index (Phi) is 2.01. The van der Waals surface area contributed by atoms with Crippen LogP contribution in [0.3, 0.4) is 0 Å². The number of nitrogens with one attached hydrogen (secondary N) is 1. The molecule has 84 valence electrons. The first-order chi connectivity index (χ1) is 8.25. The highest BCUT2D eigenvalue weighted by molar-refractivity contribution is 5.59. The number of aryl methyl sites for hydroxylation is 1. The van der Waals surface area contributed by atoms with Crippen LogP contribution in [0.4, 0.5) is 0 Å². The molecule has 3 heterocycles. The molecule has 6 nitrogen and oxygen atoms in total. The summed E-state index contributed by atoms with van der Waals surface area (Å²) in [5, 5.41) is 6.32. The minimum Gasteiger partial charge on any atom is -0.255 e. The lowest BCUT2D eigenvalue weighted by Gasteiger charge is -2.02. The van der Waals surface area contributed by atoms with E-state index < -0.39 is 0 Å². The van der Waals surface area contributed by atoms with Crippen LogP contribution in [0, 0.1) is 6.92 Å². The van der Waals surface area contributed by atoms with E-state index in [1.807, 2.05) is 18.2 Å². The number of rotatable bonds is 1. The molecule has 0 radical (unpaired) electrons. The normalized spacial score (nSPS) is 10.9. The number of aromatic nitrogens is 5. The van der Waals surface area contributed by atoms with Gasteiger partial charge >= 0.3 is 5.69 Å². The molecule has 0 bridgehead atoms. The maximum absolute atomic E-state index is 11.4. The average molecular weight is 227 g/mol. The molecule has 0 saturated heterocycles. The van der Waals surface area contributed by atoms with Gasteiger partial charge in [-0.3, -0.25) is 4.98 Å². The number of fused-ring (bicyclic) bond motifs is 1. The van der Waals surface area contributed by atoms with Crippen LogP contribution in [0.2, 0.25) is 0 Å². The van der Waals surface area contributed by atoms with Gasteiger partial charge < -0.3 is 0 Å². The number of aromatic amines is 1. The van der Waals surface area contributed by atoms with Crippen LogP contribution < -0.4 is 5.69 Å². The molecule has 0 spiro atoms. The Morgan fingerprint density at radius 3 is 2.94 bits per heavy atom. The van der Waals surface area contributed by atoms with Crippen molar-refractivity contribution < 1.29 is 0 Å². The van der Waals surface area contributed by atoms with Gasteiger partial charge in [-0.25, -0.2) is 19.3 Å². The molecule has 0 atom stereocenters. The van der Waals surface area contributed by atoms with E-state index in [0.717, 1.165) is 5.69 Å². The van der Waals surface area contributed by atoms with Crippen molar-refractivity contribution in [1.29, 1.82) is 0 Å². The summed E-state index contributed by atoms with van der Waals surface area (Å²) in [4.78, 5) is 20.0. The molecule has 0 amide bonds. The van der Waals surface area contributed by atoms with Crippen LogP contribution in [-0.2, 0) is 0 Å². The topological polar surface area (TPSA) is 75.9 Å². The van der Waals surface area contributed by atoms with Gasteiger partial charge in [0.1, 0.15) is 5.82 Å². The third kappa shape index (κ3) is 1.50.